The van der Waals surface area contributed by atoms with Gasteiger partial charge in [0.1, 0.15) is 0 Å². The van der Waals surface area contributed by atoms with E-state index in [0.717, 1.165) is 4.22 Å². The maximum absolute atomic E-state index is 5.11. The molecule has 2 aromatic rings. The number of rotatable bonds is 1. The van der Waals surface area contributed by atoms with Gasteiger partial charge in [0, 0.05) is 0 Å². The fourth-order valence-corrected chi connectivity index (χ4v) is 5.51. The number of benzene rings is 2. The first kappa shape index (κ1) is 25.2. The quantitative estimate of drug-likeness (QED) is 0.517. The normalized spacial score (nSPS) is 10.9. The predicted molar refractivity (Wildman–Crippen MR) is 96.1 cm³/mol. The number of nitrogens with two attached hydrogens (primary N) is 1. The van der Waals surface area contributed by atoms with Gasteiger partial charge in [-0.2, -0.15) is 0 Å². The topological polar surface area (TPSA) is 26.0 Å². The van der Waals surface area contributed by atoms with Crippen LogP contribution in [0.15, 0.2) is 48.5 Å². The maximum atomic E-state index is 5.11. The van der Waals surface area contributed by atoms with Crippen molar-refractivity contribution in [3.63, 3.8) is 0 Å². The third-order valence-electron chi connectivity index (χ3n) is 3.41. The summed E-state index contributed by atoms with van der Waals surface area (Å²) in [5.74, 6) is 0. The van der Waals surface area contributed by atoms with E-state index >= 15 is 0 Å². The summed E-state index contributed by atoms with van der Waals surface area (Å²) in [5.41, 5.74) is 11.2. The van der Waals surface area contributed by atoms with E-state index < -0.39 is 17.9 Å². The maximum Gasteiger partial charge on any atom is -0.0149 e. The Labute approximate surface area is 164 Å². The standard InChI is InChI=1S/C13H9.C3H9N.2CH3.2ClH.H4Si.Ti/c1-3-7-12-10(5-1)9-11-6-2-4-8-13(11)12;1-3(2)4;;;;;;/h1-9H;3H,4H2,1-2H3;2*1H3;2*1H;1H4;/q;;;;;;;+2/p-2. The molecule has 0 saturated carbocycles. The van der Waals surface area contributed by atoms with Crippen LogP contribution in [0, 0.1) is 0 Å². The van der Waals surface area contributed by atoms with Crippen LogP contribution in [0.4, 0.5) is 0 Å². The molecule has 0 aliphatic heterocycles. The van der Waals surface area contributed by atoms with Crippen molar-refractivity contribution < 1.29 is 42.7 Å². The van der Waals surface area contributed by atoms with E-state index in [-0.39, 0.29) is 35.8 Å². The van der Waals surface area contributed by atoms with Crippen LogP contribution in [0.3, 0.4) is 0 Å². The van der Waals surface area contributed by atoms with Crippen molar-refractivity contribution in [1.29, 1.82) is 0 Å². The molecule has 0 radical (unpaired) electrons. The van der Waals surface area contributed by atoms with Gasteiger partial charge in [-0.1, -0.05) is 13.8 Å². The zero-order valence-corrected chi connectivity index (χ0v) is 16.7. The Morgan fingerprint density at radius 2 is 1.13 bits per heavy atom. The molecule has 127 valence electrons. The first-order valence-corrected chi connectivity index (χ1v) is 11.3. The second kappa shape index (κ2) is 11.5. The summed E-state index contributed by atoms with van der Waals surface area (Å²) in [6.45, 7) is 3.89. The number of halogens is 2. The molecule has 0 saturated heterocycles. The van der Waals surface area contributed by atoms with Crippen molar-refractivity contribution in [1.82, 2.24) is 0 Å². The molecule has 0 heterocycles. The number of hydrogen-bond acceptors (Lipinski definition) is 1. The molecule has 0 amide bonds. The third kappa shape index (κ3) is 6.04. The molecule has 0 aromatic heterocycles. The molecule has 2 N–H and O–H groups in total. The molecule has 5 heteroatoms. The monoisotopic (exact) mass is 404 g/mol. The smallest absolute Gasteiger partial charge is 0.0149 e. The van der Waals surface area contributed by atoms with Gasteiger partial charge in [0.15, 0.2) is 0 Å². The van der Waals surface area contributed by atoms with Crippen molar-refractivity contribution >= 4 is 11.0 Å². The van der Waals surface area contributed by atoms with E-state index in [2.05, 4.69) is 59.0 Å². The Morgan fingerprint density at radius 1 is 0.826 bits per heavy atom. The molecule has 0 bridgehead atoms. The van der Waals surface area contributed by atoms with Crippen LogP contribution in [-0.2, 0) is 17.9 Å². The minimum Gasteiger partial charge on any atom is -1.00 e. The van der Waals surface area contributed by atoms with Crippen molar-refractivity contribution in [3.8, 4) is 11.1 Å². The zero-order chi connectivity index (χ0) is 14.7. The summed E-state index contributed by atoms with van der Waals surface area (Å²) >= 11 is -0.968. The third-order valence-corrected chi connectivity index (χ3v) is 6.19. The molecule has 1 aliphatic carbocycles. The van der Waals surface area contributed by atoms with Gasteiger partial charge in [0.05, 0.1) is 0 Å². The molecular formula is C18H28Cl2NSiTi. The van der Waals surface area contributed by atoms with Crippen LogP contribution in [0.1, 0.15) is 29.2 Å². The van der Waals surface area contributed by atoms with Gasteiger partial charge in [-0.05, 0) is 17.0 Å². The number of fused-ring (bicyclic) bond motifs is 3. The molecule has 1 nitrogen and oxygen atoms in total. The first-order valence-electron chi connectivity index (χ1n) is 7.26. The average Bonchev–Trinajstić information content (AvgIpc) is 2.72. The summed E-state index contributed by atoms with van der Waals surface area (Å²) in [5, 5.41) is 4.95. The van der Waals surface area contributed by atoms with E-state index in [0.29, 0.717) is 6.04 Å². The van der Waals surface area contributed by atoms with Crippen molar-refractivity contribution in [2.24, 2.45) is 5.73 Å². The van der Waals surface area contributed by atoms with Crippen molar-refractivity contribution in [2.45, 2.75) is 34.6 Å². The van der Waals surface area contributed by atoms with Crippen LogP contribution in [0.5, 0.6) is 0 Å². The van der Waals surface area contributed by atoms with E-state index in [4.69, 9.17) is 5.73 Å². The molecule has 1 aliphatic rings. The summed E-state index contributed by atoms with van der Waals surface area (Å²) in [6.07, 6.45) is 0. The van der Waals surface area contributed by atoms with Crippen LogP contribution in [-0.4, -0.2) is 17.0 Å². The number of hydrogen-bond donors (Lipinski definition) is 1. The largest absolute Gasteiger partial charge is 1.00 e. The Bertz CT molecular complexity index is 542. The molecule has 23 heavy (non-hydrogen) atoms. The summed E-state index contributed by atoms with van der Waals surface area (Å²) < 4.78 is 0.743. The van der Waals surface area contributed by atoms with Gasteiger partial charge in [0.2, 0.25) is 0 Å². The average molecular weight is 405 g/mol. The van der Waals surface area contributed by atoms with Gasteiger partial charge in [-0.25, -0.2) is 0 Å². The Kier molecular flexibility index (Phi) is 12.5. The Hall–Kier alpha value is -0.0888. The Morgan fingerprint density at radius 3 is 1.43 bits per heavy atom. The summed E-state index contributed by atoms with van der Waals surface area (Å²) in [7, 11) is 0. The van der Waals surface area contributed by atoms with Gasteiger partial charge < -0.3 is 30.5 Å². The van der Waals surface area contributed by atoms with Gasteiger partial charge in [-0.3, -0.25) is 0 Å². The van der Waals surface area contributed by atoms with Crippen LogP contribution < -0.4 is 30.5 Å². The minimum absolute atomic E-state index is 0. The van der Waals surface area contributed by atoms with E-state index in [1.54, 1.807) is 11.1 Å². The fourth-order valence-electron chi connectivity index (χ4n) is 2.78. The molecule has 2 aromatic carbocycles. The van der Waals surface area contributed by atoms with E-state index in [9.17, 15) is 0 Å². The van der Waals surface area contributed by atoms with Crippen LogP contribution in [0.2, 0.25) is 10.5 Å². The molecule has 0 atom stereocenters. The molecule has 0 spiro atoms. The van der Waals surface area contributed by atoms with Gasteiger partial charge in [-0.15, -0.1) is 0 Å². The first-order chi connectivity index (χ1) is 9.52. The zero-order valence-electron chi connectivity index (χ0n) is 13.6. The molecule has 0 fully saturated rings. The molecule has 0 unspecified atom stereocenters. The fraction of sp³-hybridized carbons (Fsp3) is 0.333. The van der Waals surface area contributed by atoms with Crippen LogP contribution >= 0.6 is 0 Å². The van der Waals surface area contributed by atoms with Crippen molar-refractivity contribution in [2.75, 3.05) is 0 Å². The second-order valence-corrected chi connectivity index (χ2v) is 10.2. The SMILES string of the molecule is CC(C)N.[CH3][Ti+2]([CH3])[CH]1c2ccccc2-c2ccccc21.[Cl-].[Cl-].[SiH4]. The molecule has 3 rings (SSSR count). The predicted octanol–water partition coefficient (Wildman–Crippen LogP) is -2.62. The summed E-state index contributed by atoms with van der Waals surface area (Å²) in [4.78, 5) is 0. The minimum atomic E-state index is -0.968. The Balaban J connectivity index is 0. The summed E-state index contributed by atoms with van der Waals surface area (Å²) in [6, 6.07) is 18.2. The van der Waals surface area contributed by atoms with Crippen molar-refractivity contribution in [3.05, 3.63) is 59.7 Å². The van der Waals surface area contributed by atoms with Crippen LogP contribution in [0.25, 0.3) is 11.1 Å². The molecular weight excluding hydrogens is 377 g/mol. The van der Waals surface area contributed by atoms with E-state index in [1.165, 1.54) is 11.1 Å². The van der Waals surface area contributed by atoms with E-state index in [1.807, 2.05) is 13.8 Å². The van der Waals surface area contributed by atoms with Gasteiger partial charge in [0.25, 0.3) is 0 Å². The van der Waals surface area contributed by atoms with Gasteiger partial charge >= 0.3 is 103 Å². The second-order valence-electron chi connectivity index (χ2n) is 5.93.